The minimum Gasteiger partial charge on any atom is -0.504 e. The Morgan fingerprint density at radius 1 is 1.41 bits per heavy atom. The van der Waals surface area contributed by atoms with Gasteiger partial charge >= 0.3 is 6.09 Å². The maximum absolute atomic E-state index is 11.8. The number of ether oxygens (including phenoxy) is 2. The fourth-order valence-electron chi connectivity index (χ4n) is 2.21. The molecule has 0 unspecified atom stereocenters. The van der Waals surface area contributed by atoms with Crippen LogP contribution >= 0.6 is 0 Å². The van der Waals surface area contributed by atoms with Crippen LogP contribution in [0.4, 0.5) is 4.79 Å². The lowest BCUT2D eigenvalue weighted by Gasteiger charge is -2.40. The summed E-state index contributed by atoms with van der Waals surface area (Å²) in [4.78, 5) is 13.5. The number of amides is 1. The smallest absolute Gasteiger partial charge is 0.410 e. The minimum absolute atomic E-state index is 0.154. The molecule has 0 aromatic heterocycles. The molecule has 0 saturated carbocycles. The Kier molecular flexibility index (Phi) is 4.81. The predicted octanol–water partition coefficient (Wildman–Crippen LogP) is 2.11. The van der Waals surface area contributed by atoms with Crippen molar-refractivity contribution in [2.24, 2.45) is 0 Å². The largest absolute Gasteiger partial charge is 0.504 e. The lowest BCUT2D eigenvalue weighted by molar-refractivity contribution is 0.00516. The third-order valence-corrected chi connectivity index (χ3v) is 3.42. The first kappa shape index (κ1) is 16.4. The number of rotatable bonds is 4. The number of likely N-dealkylation sites (tertiary alicyclic amines) is 1. The number of aromatic hydroxyl groups is 1. The average Bonchev–Trinajstić information content (AvgIpc) is 2.36. The quantitative estimate of drug-likeness (QED) is 0.891. The molecule has 6 heteroatoms. The minimum atomic E-state index is -0.470. The number of carbonyl (C=O) groups excluding carboxylic acids is 1. The molecule has 1 aliphatic heterocycles. The number of para-hydroxylation sites is 1. The molecule has 1 fully saturated rings. The summed E-state index contributed by atoms with van der Waals surface area (Å²) in [6, 6.07) is 5.60. The number of hydrogen-bond donors (Lipinski definition) is 2. The summed E-state index contributed by atoms with van der Waals surface area (Å²) in [6.07, 6.45) is -0.283. The third-order valence-electron chi connectivity index (χ3n) is 3.42. The molecule has 0 atom stereocenters. The van der Waals surface area contributed by atoms with Gasteiger partial charge in [0, 0.05) is 31.2 Å². The molecule has 122 valence electrons. The number of phenols is 1. The van der Waals surface area contributed by atoms with Crippen LogP contribution in [0, 0.1) is 0 Å². The molecule has 0 bridgehead atoms. The van der Waals surface area contributed by atoms with Gasteiger partial charge in [0.05, 0.1) is 7.11 Å². The topological polar surface area (TPSA) is 71.0 Å². The lowest BCUT2D eigenvalue weighted by atomic mass is 10.1. The van der Waals surface area contributed by atoms with Crippen LogP contribution < -0.4 is 10.1 Å². The van der Waals surface area contributed by atoms with Gasteiger partial charge in [-0.25, -0.2) is 4.79 Å². The molecule has 0 aliphatic carbocycles. The third kappa shape index (κ3) is 4.04. The molecule has 2 rings (SSSR count). The zero-order valence-corrected chi connectivity index (χ0v) is 13.5. The summed E-state index contributed by atoms with van der Waals surface area (Å²) in [5.41, 5.74) is 0.303. The molecule has 1 aromatic rings. The van der Waals surface area contributed by atoms with E-state index in [4.69, 9.17) is 9.47 Å². The Bertz CT molecular complexity index is 533. The van der Waals surface area contributed by atoms with Gasteiger partial charge in [0.15, 0.2) is 11.5 Å². The van der Waals surface area contributed by atoms with Crippen molar-refractivity contribution < 1.29 is 19.4 Å². The fraction of sp³-hybridized carbons (Fsp3) is 0.562. The van der Waals surface area contributed by atoms with Gasteiger partial charge in [-0.15, -0.1) is 0 Å². The zero-order chi connectivity index (χ0) is 16.3. The number of nitrogens with zero attached hydrogens (tertiary/aromatic N) is 1. The Hall–Kier alpha value is -1.95. The summed E-state index contributed by atoms with van der Waals surface area (Å²) in [6.45, 7) is 7.30. The molecule has 6 nitrogen and oxygen atoms in total. The molecule has 1 aromatic carbocycles. The van der Waals surface area contributed by atoms with Gasteiger partial charge in [-0.05, 0) is 26.8 Å². The molecule has 1 aliphatic rings. The van der Waals surface area contributed by atoms with Crippen LogP contribution in [0.3, 0.4) is 0 Å². The summed E-state index contributed by atoms with van der Waals surface area (Å²) in [5, 5.41) is 13.3. The molecule has 1 heterocycles. The van der Waals surface area contributed by atoms with E-state index in [-0.39, 0.29) is 17.9 Å². The highest BCUT2D eigenvalue weighted by molar-refractivity contribution is 5.69. The maximum Gasteiger partial charge on any atom is 0.410 e. The van der Waals surface area contributed by atoms with Crippen LogP contribution in [0.25, 0.3) is 0 Å². The molecule has 1 amide bonds. The van der Waals surface area contributed by atoms with Gasteiger partial charge < -0.3 is 24.8 Å². The number of carbonyl (C=O) groups is 1. The predicted molar refractivity (Wildman–Crippen MR) is 83.1 cm³/mol. The second kappa shape index (κ2) is 6.44. The number of benzene rings is 1. The van der Waals surface area contributed by atoms with Gasteiger partial charge in [-0.1, -0.05) is 12.1 Å². The monoisotopic (exact) mass is 308 g/mol. The maximum atomic E-state index is 11.8. The molecule has 0 radical (unpaired) electrons. The Morgan fingerprint density at radius 2 is 2.09 bits per heavy atom. The zero-order valence-electron chi connectivity index (χ0n) is 13.5. The van der Waals surface area contributed by atoms with Gasteiger partial charge in [-0.2, -0.15) is 0 Å². The van der Waals surface area contributed by atoms with Crippen molar-refractivity contribution in [3.63, 3.8) is 0 Å². The van der Waals surface area contributed by atoms with Crippen molar-refractivity contribution in [1.29, 1.82) is 0 Å². The van der Waals surface area contributed by atoms with E-state index in [0.717, 1.165) is 5.56 Å². The molecule has 0 spiro atoms. The van der Waals surface area contributed by atoms with Crippen LogP contribution in [0.2, 0.25) is 0 Å². The lowest BCUT2D eigenvalue weighted by Crippen LogP contribution is -2.60. The van der Waals surface area contributed by atoms with Crippen LogP contribution in [0.1, 0.15) is 26.3 Å². The van der Waals surface area contributed by atoms with Gasteiger partial charge in [0.1, 0.15) is 5.60 Å². The first-order valence-electron chi connectivity index (χ1n) is 7.36. The average molecular weight is 308 g/mol. The van der Waals surface area contributed by atoms with Crippen molar-refractivity contribution >= 4 is 6.09 Å². The summed E-state index contributed by atoms with van der Waals surface area (Å²) in [7, 11) is 1.52. The highest BCUT2D eigenvalue weighted by atomic mass is 16.6. The van der Waals surface area contributed by atoms with E-state index in [2.05, 4.69) is 5.32 Å². The van der Waals surface area contributed by atoms with Crippen molar-refractivity contribution in [2.75, 3.05) is 20.2 Å². The van der Waals surface area contributed by atoms with E-state index < -0.39 is 5.60 Å². The first-order chi connectivity index (χ1) is 10.3. The number of nitrogens with one attached hydrogen (secondary N) is 1. The first-order valence-corrected chi connectivity index (χ1v) is 7.36. The van der Waals surface area contributed by atoms with Crippen LogP contribution in [-0.2, 0) is 11.3 Å². The highest BCUT2D eigenvalue weighted by Gasteiger charge is 2.33. The van der Waals surface area contributed by atoms with E-state index in [1.54, 1.807) is 11.0 Å². The van der Waals surface area contributed by atoms with Crippen molar-refractivity contribution in [3.8, 4) is 11.5 Å². The standard InChI is InChI=1S/C16H24N2O4/c1-16(2,3)22-15(20)18-9-12(10-18)17-8-11-6-5-7-13(21-4)14(11)19/h5-7,12,17,19H,8-10H2,1-4H3. The fourth-order valence-corrected chi connectivity index (χ4v) is 2.21. The van der Waals surface area contributed by atoms with Crippen LogP contribution in [-0.4, -0.2) is 47.9 Å². The number of phenolic OH excluding ortho intramolecular Hbond substituents is 1. The van der Waals surface area contributed by atoms with Crippen LogP contribution in [0.15, 0.2) is 18.2 Å². The Morgan fingerprint density at radius 3 is 2.68 bits per heavy atom. The van der Waals surface area contributed by atoms with E-state index in [9.17, 15) is 9.90 Å². The van der Waals surface area contributed by atoms with Gasteiger partial charge in [-0.3, -0.25) is 0 Å². The van der Waals surface area contributed by atoms with Gasteiger partial charge in [0.2, 0.25) is 0 Å². The Labute approximate surface area is 131 Å². The second-order valence-electron chi connectivity index (χ2n) is 6.43. The highest BCUT2D eigenvalue weighted by Crippen LogP contribution is 2.29. The SMILES string of the molecule is COc1cccc(CNC2CN(C(=O)OC(C)(C)C)C2)c1O. The van der Waals surface area contributed by atoms with E-state index >= 15 is 0 Å². The summed E-state index contributed by atoms with van der Waals surface area (Å²) < 4.78 is 10.4. The number of hydrogen-bond acceptors (Lipinski definition) is 5. The summed E-state index contributed by atoms with van der Waals surface area (Å²) in [5.74, 6) is 0.615. The van der Waals surface area contributed by atoms with Crippen molar-refractivity contribution in [3.05, 3.63) is 23.8 Å². The van der Waals surface area contributed by atoms with Gasteiger partial charge in [0.25, 0.3) is 0 Å². The molecular weight excluding hydrogens is 284 g/mol. The molecule has 1 saturated heterocycles. The van der Waals surface area contributed by atoms with E-state index in [0.29, 0.717) is 25.4 Å². The molecule has 22 heavy (non-hydrogen) atoms. The van der Waals surface area contributed by atoms with E-state index in [1.807, 2.05) is 32.9 Å². The summed E-state index contributed by atoms with van der Waals surface area (Å²) >= 11 is 0. The van der Waals surface area contributed by atoms with Crippen molar-refractivity contribution in [1.82, 2.24) is 10.2 Å². The second-order valence-corrected chi connectivity index (χ2v) is 6.43. The van der Waals surface area contributed by atoms with E-state index in [1.165, 1.54) is 7.11 Å². The molecule has 2 N–H and O–H groups in total. The normalized spacial score (nSPS) is 15.4. The Balaban J connectivity index is 1.78. The van der Waals surface area contributed by atoms with Crippen molar-refractivity contribution in [2.45, 2.75) is 39.0 Å². The number of methoxy groups -OCH3 is 1. The van der Waals surface area contributed by atoms with Crippen LogP contribution in [0.5, 0.6) is 11.5 Å². The molecular formula is C16H24N2O4.